The molecule has 0 unspecified atom stereocenters. The minimum Gasteiger partial charge on any atom is -0.467 e. The molecule has 0 saturated heterocycles. The monoisotopic (exact) mass is 424 g/mol. The molecule has 11 heteroatoms. The molecule has 29 heavy (non-hydrogen) atoms. The molecular weight excluding hydrogens is 406 g/mol. The van der Waals surface area contributed by atoms with Crippen molar-refractivity contribution in [3.8, 4) is 6.07 Å². The highest BCUT2D eigenvalue weighted by atomic mass is 19.4. The van der Waals surface area contributed by atoms with E-state index in [-0.39, 0.29) is 18.9 Å². The van der Waals surface area contributed by atoms with Crippen LogP contribution < -0.4 is 5.32 Å². The number of nitrogens with one attached hydrogen (secondary N) is 1. The molecular formula is C18H18F6N2O3. The number of benzene rings is 1. The molecule has 160 valence electrons. The van der Waals surface area contributed by atoms with Crippen LogP contribution in [-0.2, 0) is 33.1 Å². The van der Waals surface area contributed by atoms with Crippen molar-refractivity contribution in [1.29, 1.82) is 5.26 Å². The van der Waals surface area contributed by atoms with Gasteiger partial charge in [-0.25, -0.2) is 4.79 Å². The van der Waals surface area contributed by atoms with Crippen LogP contribution in [0.25, 0.3) is 0 Å². The fourth-order valence-corrected chi connectivity index (χ4v) is 2.50. The molecule has 0 radical (unpaired) electrons. The summed E-state index contributed by atoms with van der Waals surface area (Å²) in [5.41, 5.74) is -3.56. The van der Waals surface area contributed by atoms with Crippen LogP contribution in [0.2, 0.25) is 0 Å². The second-order valence-corrected chi connectivity index (χ2v) is 6.14. The van der Waals surface area contributed by atoms with Crippen molar-refractivity contribution < 1.29 is 40.7 Å². The number of alkyl halides is 6. The molecule has 1 atom stereocenters. The van der Waals surface area contributed by atoms with Crippen LogP contribution in [0.3, 0.4) is 0 Å². The Morgan fingerprint density at radius 3 is 2.07 bits per heavy atom. The summed E-state index contributed by atoms with van der Waals surface area (Å²) in [5, 5.41) is 10.7. The van der Waals surface area contributed by atoms with Crippen molar-refractivity contribution in [2.75, 3.05) is 7.11 Å². The molecule has 0 heterocycles. The van der Waals surface area contributed by atoms with Crippen LogP contribution in [-0.4, -0.2) is 25.0 Å². The maximum atomic E-state index is 12.9. The Morgan fingerprint density at radius 2 is 1.62 bits per heavy atom. The van der Waals surface area contributed by atoms with Crippen LogP contribution in [0.4, 0.5) is 26.3 Å². The van der Waals surface area contributed by atoms with E-state index in [4.69, 9.17) is 5.26 Å². The number of rotatable bonds is 8. The smallest absolute Gasteiger partial charge is 0.416 e. The van der Waals surface area contributed by atoms with Gasteiger partial charge in [-0.05, 0) is 43.0 Å². The van der Waals surface area contributed by atoms with Crippen molar-refractivity contribution >= 4 is 11.9 Å². The minimum atomic E-state index is -5.03. The van der Waals surface area contributed by atoms with Crippen molar-refractivity contribution in [3.63, 3.8) is 0 Å². The van der Waals surface area contributed by atoms with Gasteiger partial charge < -0.3 is 10.1 Å². The topological polar surface area (TPSA) is 79.2 Å². The van der Waals surface area contributed by atoms with E-state index in [0.717, 1.165) is 7.11 Å². The molecule has 1 amide bonds. The van der Waals surface area contributed by atoms with Crippen LogP contribution in [0.5, 0.6) is 0 Å². The summed E-state index contributed by atoms with van der Waals surface area (Å²) in [7, 11) is 1.07. The highest BCUT2D eigenvalue weighted by Gasteiger charge is 2.37. The Balaban J connectivity index is 2.98. The first-order chi connectivity index (χ1) is 13.4. The summed E-state index contributed by atoms with van der Waals surface area (Å²) in [6, 6.07) is 1.65. The maximum Gasteiger partial charge on any atom is 0.416 e. The minimum absolute atomic E-state index is 0.0339. The van der Waals surface area contributed by atoms with Crippen molar-refractivity contribution in [2.45, 2.75) is 50.5 Å². The van der Waals surface area contributed by atoms with Gasteiger partial charge in [-0.1, -0.05) is 0 Å². The molecule has 0 spiro atoms. The second-order valence-electron chi connectivity index (χ2n) is 6.14. The van der Waals surface area contributed by atoms with Crippen LogP contribution in [0.15, 0.2) is 18.2 Å². The Hall–Kier alpha value is -2.77. The molecule has 0 saturated carbocycles. The normalized spacial score (nSPS) is 12.8. The fraction of sp³-hybridized carbons (Fsp3) is 0.500. The molecule has 0 aliphatic rings. The van der Waals surface area contributed by atoms with E-state index >= 15 is 0 Å². The van der Waals surface area contributed by atoms with E-state index in [0.29, 0.717) is 25.0 Å². The van der Waals surface area contributed by atoms with E-state index in [2.05, 4.69) is 10.1 Å². The van der Waals surface area contributed by atoms with Gasteiger partial charge in [0.2, 0.25) is 5.91 Å². The SMILES string of the molecule is COC(=O)[C@H](CCCCC#N)NC(=O)Cc1cc(C(F)(F)F)cc(C(F)(F)F)c1. The molecule has 0 fully saturated rings. The highest BCUT2D eigenvalue weighted by Crippen LogP contribution is 2.36. The molecule has 1 aromatic rings. The van der Waals surface area contributed by atoms with Crippen molar-refractivity contribution in [1.82, 2.24) is 5.32 Å². The maximum absolute atomic E-state index is 12.9. The number of nitrogens with zero attached hydrogens (tertiary/aromatic N) is 1. The lowest BCUT2D eigenvalue weighted by molar-refractivity contribution is -0.145. The predicted molar refractivity (Wildman–Crippen MR) is 88.2 cm³/mol. The first-order valence-electron chi connectivity index (χ1n) is 8.41. The van der Waals surface area contributed by atoms with Gasteiger partial charge in [-0.3, -0.25) is 4.79 Å². The molecule has 1 N–H and O–H groups in total. The van der Waals surface area contributed by atoms with Gasteiger partial charge in [-0.15, -0.1) is 0 Å². The lowest BCUT2D eigenvalue weighted by Gasteiger charge is -2.17. The van der Waals surface area contributed by atoms with Crippen molar-refractivity contribution in [2.24, 2.45) is 0 Å². The second kappa shape index (κ2) is 10.1. The Kier molecular flexibility index (Phi) is 8.48. The third-order valence-electron chi connectivity index (χ3n) is 3.86. The largest absolute Gasteiger partial charge is 0.467 e. The summed E-state index contributed by atoms with van der Waals surface area (Å²) < 4.78 is 81.8. The summed E-state index contributed by atoms with van der Waals surface area (Å²) in [6.07, 6.45) is -9.68. The first kappa shape index (κ1) is 24.3. The molecule has 1 rings (SSSR count). The van der Waals surface area contributed by atoms with E-state index in [9.17, 15) is 35.9 Å². The van der Waals surface area contributed by atoms with Gasteiger partial charge in [0.1, 0.15) is 6.04 Å². The predicted octanol–water partition coefficient (Wildman–Crippen LogP) is 4.01. The first-order valence-corrected chi connectivity index (χ1v) is 8.41. The summed E-state index contributed by atoms with van der Waals surface area (Å²) in [4.78, 5) is 23.9. The van der Waals surface area contributed by atoms with Crippen LogP contribution in [0.1, 0.15) is 42.4 Å². The lowest BCUT2D eigenvalue weighted by atomic mass is 10.0. The van der Waals surface area contributed by atoms with E-state index in [1.54, 1.807) is 0 Å². The van der Waals surface area contributed by atoms with E-state index < -0.39 is 53.4 Å². The number of halogens is 6. The van der Waals surface area contributed by atoms with Crippen LogP contribution >= 0.6 is 0 Å². The number of esters is 1. The number of ether oxygens (including phenoxy) is 1. The number of nitriles is 1. The summed E-state index contributed by atoms with van der Waals surface area (Å²) >= 11 is 0. The third kappa shape index (κ3) is 8.01. The molecule has 0 aromatic heterocycles. The van der Waals surface area contributed by atoms with Gasteiger partial charge in [0.25, 0.3) is 0 Å². The molecule has 0 bridgehead atoms. The average Bonchev–Trinajstić information content (AvgIpc) is 2.61. The lowest BCUT2D eigenvalue weighted by Crippen LogP contribution is -2.42. The Labute approximate surface area is 162 Å². The zero-order chi connectivity index (χ0) is 22.2. The van der Waals surface area contributed by atoms with E-state index in [1.165, 1.54) is 0 Å². The fourth-order valence-electron chi connectivity index (χ4n) is 2.50. The van der Waals surface area contributed by atoms with Crippen LogP contribution in [0, 0.1) is 11.3 Å². The standard InChI is InChI=1S/C18H18F6N2O3/c1-29-16(28)14(5-3-2-4-6-25)26-15(27)9-11-7-12(17(19,20)21)10-13(8-11)18(22,23)24/h7-8,10,14H,2-5,9H2,1H3,(H,26,27)/t14-/m0/s1. The summed E-state index contributed by atoms with van der Waals surface area (Å²) in [5.74, 6) is -1.75. The van der Waals surface area contributed by atoms with Gasteiger partial charge in [0.05, 0.1) is 30.7 Å². The zero-order valence-electron chi connectivity index (χ0n) is 15.3. The number of unbranched alkanes of at least 4 members (excludes halogenated alkanes) is 2. The van der Waals surface area contributed by atoms with Gasteiger partial charge in [0, 0.05) is 6.42 Å². The van der Waals surface area contributed by atoms with Gasteiger partial charge in [0.15, 0.2) is 0 Å². The van der Waals surface area contributed by atoms with Crippen molar-refractivity contribution in [3.05, 3.63) is 34.9 Å². The molecule has 0 aliphatic carbocycles. The van der Waals surface area contributed by atoms with E-state index in [1.807, 2.05) is 6.07 Å². The Morgan fingerprint density at radius 1 is 1.07 bits per heavy atom. The number of carbonyl (C=O) groups is 2. The number of methoxy groups -OCH3 is 1. The summed E-state index contributed by atoms with van der Waals surface area (Å²) in [6.45, 7) is 0. The number of hydrogen-bond acceptors (Lipinski definition) is 4. The Bertz CT molecular complexity index is 736. The number of amides is 1. The number of hydrogen-bond donors (Lipinski definition) is 1. The third-order valence-corrected chi connectivity index (χ3v) is 3.86. The molecule has 1 aromatic carbocycles. The highest BCUT2D eigenvalue weighted by molar-refractivity contribution is 5.85. The molecule has 5 nitrogen and oxygen atoms in total. The van der Waals surface area contributed by atoms with Gasteiger partial charge in [-0.2, -0.15) is 31.6 Å². The number of carbonyl (C=O) groups excluding carboxylic acids is 2. The zero-order valence-corrected chi connectivity index (χ0v) is 15.3. The average molecular weight is 424 g/mol. The quantitative estimate of drug-likeness (QED) is 0.389. The molecule has 0 aliphatic heterocycles. The van der Waals surface area contributed by atoms with Gasteiger partial charge >= 0.3 is 18.3 Å².